The van der Waals surface area contributed by atoms with E-state index in [2.05, 4.69) is 0 Å². The average Bonchev–Trinajstić information content (AvgIpc) is 2.20. The second-order valence-corrected chi connectivity index (χ2v) is 3.22. The number of aromatic hydroxyl groups is 1. The third-order valence-corrected chi connectivity index (χ3v) is 2.07. The molecule has 3 heteroatoms. The van der Waals surface area contributed by atoms with E-state index in [4.69, 9.17) is 9.84 Å². The van der Waals surface area contributed by atoms with Crippen LogP contribution < -0.4 is 4.74 Å². The molecule has 1 rings (SSSR count). The van der Waals surface area contributed by atoms with Gasteiger partial charge in [0.05, 0.1) is 5.92 Å². The molecule has 0 amide bonds. The zero-order valence-electron chi connectivity index (χ0n) is 8.36. The predicted molar refractivity (Wildman–Crippen MR) is 53.2 cm³/mol. The van der Waals surface area contributed by atoms with E-state index in [-0.39, 0.29) is 17.6 Å². The Labute approximate surface area is 83.3 Å². The van der Waals surface area contributed by atoms with Gasteiger partial charge >= 0.3 is 5.97 Å². The molecule has 0 fully saturated rings. The lowest BCUT2D eigenvalue weighted by molar-refractivity contribution is -0.138. The van der Waals surface area contributed by atoms with Gasteiger partial charge in [0.2, 0.25) is 0 Å². The van der Waals surface area contributed by atoms with Crippen molar-refractivity contribution in [2.75, 3.05) is 0 Å². The Kier molecular flexibility index (Phi) is 3.51. The van der Waals surface area contributed by atoms with Gasteiger partial charge in [0.25, 0.3) is 0 Å². The van der Waals surface area contributed by atoms with Crippen molar-refractivity contribution in [1.82, 2.24) is 0 Å². The van der Waals surface area contributed by atoms with Crippen molar-refractivity contribution in [3.63, 3.8) is 0 Å². The molecule has 0 heterocycles. The van der Waals surface area contributed by atoms with Crippen molar-refractivity contribution in [2.24, 2.45) is 5.92 Å². The van der Waals surface area contributed by atoms with Gasteiger partial charge < -0.3 is 9.84 Å². The normalized spacial score (nSPS) is 12.1. The summed E-state index contributed by atoms with van der Waals surface area (Å²) in [7, 11) is 0. The van der Waals surface area contributed by atoms with E-state index in [1.165, 1.54) is 12.1 Å². The molecule has 1 aromatic carbocycles. The molecule has 1 aromatic rings. The summed E-state index contributed by atoms with van der Waals surface area (Å²) in [6, 6.07) is 6.10. The molecule has 0 saturated heterocycles. The second kappa shape index (κ2) is 4.65. The number of hydrogen-bond acceptors (Lipinski definition) is 3. The largest absolute Gasteiger partial charge is 0.508 e. The number of carbonyl (C=O) groups is 1. The number of hydrogen-bond donors (Lipinski definition) is 1. The van der Waals surface area contributed by atoms with E-state index in [1.807, 2.05) is 13.8 Å². The first-order valence-corrected chi connectivity index (χ1v) is 4.64. The SMILES string of the molecule is CC[C@H](C)C(=O)Oc1ccc(O)cc1. The van der Waals surface area contributed by atoms with Gasteiger partial charge in [-0.05, 0) is 30.7 Å². The quantitative estimate of drug-likeness (QED) is 0.593. The fourth-order valence-corrected chi connectivity index (χ4v) is 0.898. The molecule has 14 heavy (non-hydrogen) atoms. The van der Waals surface area contributed by atoms with Crippen LogP contribution in [0, 0.1) is 5.92 Å². The zero-order valence-corrected chi connectivity index (χ0v) is 8.36. The topological polar surface area (TPSA) is 46.5 Å². The molecule has 0 unspecified atom stereocenters. The number of benzene rings is 1. The number of rotatable bonds is 3. The van der Waals surface area contributed by atoms with E-state index in [1.54, 1.807) is 12.1 Å². The third kappa shape index (κ3) is 2.76. The van der Waals surface area contributed by atoms with E-state index < -0.39 is 0 Å². The molecule has 0 saturated carbocycles. The highest BCUT2D eigenvalue weighted by molar-refractivity contribution is 5.74. The smallest absolute Gasteiger partial charge is 0.314 e. The molecule has 0 aliphatic rings. The first-order valence-electron chi connectivity index (χ1n) is 4.64. The van der Waals surface area contributed by atoms with Crippen LogP contribution in [-0.4, -0.2) is 11.1 Å². The highest BCUT2D eigenvalue weighted by atomic mass is 16.5. The minimum Gasteiger partial charge on any atom is -0.508 e. The third-order valence-electron chi connectivity index (χ3n) is 2.07. The van der Waals surface area contributed by atoms with Crippen molar-refractivity contribution >= 4 is 5.97 Å². The molecule has 0 bridgehead atoms. The van der Waals surface area contributed by atoms with Crippen LogP contribution in [0.4, 0.5) is 0 Å². The van der Waals surface area contributed by atoms with Crippen molar-refractivity contribution in [3.8, 4) is 11.5 Å². The maximum absolute atomic E-state index is 11.3. The van der Waals surface area contributed by atoms with Crippen molar-refractivity contribution < 1.29 is 14.6 Å². The van der Waals surface area contributed by atoms with E-state index in [0.717, 1.165) is 6.42 Å². The fourth-order valence-electron chi connectivity index (χ4n) is 0.898. The molecule has 0 radical (unpaired) electrons. The Morgan fingerprint density at radius 1 is 1.43 bits per heavy atom. The summed E-state index contributed by atoms with van der Waals surface area (Å²) in [5.74, 6) is 0.295. The molecule has 0 aliphatic carbocycles. The summed E-state index contributed by atoms with van der Waals surface area (Å²) in [6.07, 6.45) is 0.761. The number of phenolic OH excluding ortho intramolecular Hbond substituents is 1. The predicted octanol–water partition coefficient (Wildman–Crippen LogP) is 2.34. The zero-order chi connectivity index (χ0) is 10.6. The van der Waals surface area contributed by atoms with Crippen LogP contribution in [0.1, 0.15) is 20.3 Å². The van der Waals surface area contributed by atoms with Gasteiger partial charge in [-0.2, -0.15) is 0 Å². The van der Waals surface area contributed by atoms with Gasteiger partial charge in [-0.3, -0.25) is 4.79 Å². The lowest BCUT2D eigenvalue weighted by Gasteiger charge is -2.08. The molecule has 0 spiro atoms. The van der Waals surface area contributed by atoms with Gasteiger partial charge in [-0.15, -0.1) is 0 Å². The molecule has 1 N–H and O–H groups in total. The monoisotopic (exact) mass is 194 g/mol. The minimum absolute atomic E-state index is 0.0937. The van der Waals surface area contributed by atoms with Gasteiger partial charge in [-0.25, -0.2) is 0 Å². The summed E-state index contributed by atoms with van der Waals surface area (Å²) in [4.78, 5) is 11.3. The molecule has 0 aliphatic heterocycles. The average molecular weight is 194 g/mol. The number of carbonyl (C=O) groups excluding carboxylic acids is 1. The highest BCUT2D eigenvalue weighted by Crippen LogP contribution is 2.17. The highest BCUT2D eigenvalue weighted by Gasteiger charge is 2.12. The molecule has 76 valence electrons. The molecular formula is C11H14O3. The van der Waals surface area contributed by atoms with Crippen LogP contribution in [0.3, 0.4) is 0 Å². The Hall–Kier alpha value is -1.51. The van der Waals surface area contributed by atoms with E-state index >= 15 is 0 Å². The summed E-state index contributed by atoms with van der Waals surface area (Å²) in [5.41, 5.74) is 0. The van der Waals surface area contributed by atoms with Crippen LogP contribution in [0.15, 0.2) is 24.3 Å². The maximum Gasteiger partial charge on any atom is 0.314 e. The van der Waals surface area contributed by atoms with E-state index in [9.17, 15) is 4.79 Å². The first kappa shape index (κ1) is 10.6. The van der Waals surface area contributed by atoms with Gasteiger partial charge in [-0.1, -0.05) is 13.8 Å². The summed E-state index contributed by atoms with van der Waals surface area (Å²) in [5, 5.41) is 9.01. The second-order valence-electron chi connectivity index (χ2n) is 3.22. The molecule has 3 nitrogen and oxygen atoms in total. The van der Waals surface area contributed by atoms with Crippen LogP contribution in [-0.2, 0) is 4.79 Å². The molecule has 0 aromatic heterocycles. The van der Waals surface area contributed by atoms with Crippen LogP contribution >= 0.6 is 0 Å². The standard InChI is InChI=1S/C11H14O3/c1-3-8(2)11(13)14-10-6-4-9(12)5-7-10/h4-8,12H,3H2,1-2H3/t8-/m0/s1. The van der Waals surface area contributed by atoms with Gasteiger partial charge in [0.15, 0.2) is 0 Å². The summed E-state index contributed by atoms with van der Waals surface area (Å²) < 4.78 is 5.07. The lowest BCUT2D eigenvalue weighted by Crippen LogP contribution is -2.16. The number of esters is 1. The number of phenols is 1. The van der Waals surface area contributed by atoms with Crippen molar-refractivity contribution in [3.05, 3.63) is 24.3 Å². The fraction of sp³-hybridized carbons (Fsp3) is 0.364. The van der Waals surface area contributed by atoms with Crippen LogP contribution in [0.2, 0.25) is 0 Å². The Bertz CT molecular complexity index is 303. The number of ether oxygens (including phenoxy) is 1. The molecule has 1 atom stereocenters. The Morgan fingerprint density at radius 3 is 2.50 bits per heavy atom. The Balaban J connectivity index is 2.60. The van der Waals surface area contributed by atoms with Crippen molar-refractivity contribution in [1.29, 1.82) is 0 Å². The Morgan fingerprint density at radius 2 is 2.00 bits per heavy atom. The van der Waals surface area contributed by atoms with Crippen molar-refractivity contribution in [2.45, 2.75) is 20.3 Å². The minimum atomic E-state index is -0.238. The van der Waals surface area contributed by atoms with Gasteiger partial charge in [0, 0.05) is 0 Å². The first-order chi connectivity index (χ1) is 6.63. The maximum atomic E-state index is 11.3. The van der Waals surface area contributed by atoms with E-state index in [0.29, 0.717) is 5.75 Å². The van der Waals surface area contributed by atoms with Crippen LogP contribution in [0.5, 0.6) is 11.5 Å². The van der Waals surface area contributed by atoms with Gasteiger partial charge in [0.1, 0.15) is 11.5 Å². The van der Waals surface area contributed by atoms with Crippen LogP contribution in [0.25, 0.3) is 0 Å². The molecular weight excluding hydrogens is 180 g/mol. The summed E-state index contributed by atoms with van der Waals surface area (Å²) >= 11 is 0. The lowest BCUT2D eigenvalue weighted by atomic mass is 10.1. The summed E-state index contributed by atoms with van der Waals surface area (Å²) in [6.45, 7) is 3.76.